The number of nitrogens with zero attached hydrogens (tertiary/aromatic N) is 1. The minimum Gasteiger partial charge on any atom is -0.341 e. The molecule has 0 radical (unpaired) electrons. The summed E-state index contributed by atoms with van der Waals surface area (Å²) in [6.45, 7) is 7.33. The molecule has 0 aromatic heterocycles. The molecule has 116 valence electrons. The maximum atomic E-state index is 12.0. The van der Waals surface area contributed by atoms with Crippen LogP contribution < -0.4 is 5.32 Å². The summed E-state index contributed by atoms with van der Waals surface area (Å²) in [5.41, 5.74) is 0. The summed E-state index contributed by atoms with van der Waals surface area (Å²) >= 11 is 0. The maximum Gasteiger partial charge on any atom is 0.222 e. The molecule has 2 rings (SSSR count). The van der Waals surface area contributed by atoms with E-state index in [1.165, 1.54) is 51.5 Å². The second kappa shape index (κ2) is 8.02. The number of likely N-dealkylation sites (tertiary alicyclic amines) is 1. The Morgan fingerprint density at radius 1 is 1.20 bits per heavy atom. The molecule has 3 heteroatoms. The quantitative estimate of drug-likeness (QED) is 0.777. The van der Waals surface area contributed by atoms with E-state index >= 15 is 0 Å². The number of rotatable bonds is 7. The maximum absolute atomic E-state index is 12.0. The molecule has 2 atom stereocenters. The Morgan fingerprint density at radius 2 is 2.00 bits per heavy atom. The van der Waals surface area contributed by atoms with Crippen LogP contribution in [0.2, 0.25) is 0 Å². The molecule has 2 aliphatic rings. The lowest BCUT2D eigenvalue weighted by atomic mass is 9.84. The molecule has 1 aliphatic heterocycles. The molecule has 3 nitrogen and oxygen atoms in total. The van der Waals surface area contributed by atoms with Gasteiger partial charge in [-0.3, -0.25) is 4.79 Å². The third kappa shape index (κ3) is 4.47. The standard InChI is InChI=1S/C17H32N2O/c1-3-5-7-15-10-16(18-11-14-8-6-9-14)13-19(12-15)17(20)4-2/h14-16,18H,3-13H2,1-2H3. The third-order valence-corrected chi connectivity index (χ3v) is 5.08. The number of carbonyl (C=O) groups is 1. The molecule has 1 heterocycles. The topological polar surface area (TPSA) is 32.3 Å². The van der Waals surface area contributed by atoms with Crippen molar-refractivity contribution in [3.63, 3.8) is 0 Å². The van der Waals surface area contributed by atoms with Gasteiger partial charge in [-0.2, -0.15) is 0 Å². The number of nitrogens with one attached hydrogen (secondary N) is 1. The van der Waals surface area contributed by atoms with Gasteiger partial charge < -0.3 is 10.2 Å². The van der Waals surface area contributed by atoms with E-state index in [-0.39, 0.29) is 0 Å². The van der Waals surface area contributed by atoms with Crippen LogP contribution in [0.25, 0.3) is 0 Å². The fourth-order valence-electron chi connectivity index (χ4n) is 3.51. The van der Waals surface area contributed by atoms with Gasteiger partial charge in [-0.15, -0.1) is 0 Å². The number of piperidine rings is 1. The van der Waals surface area contributed by atoms with Crippen molar-refractivity contribution in [2.75, 3.05) is 19.6 Å². The number of hydrogen-bond donors (Lipinski definition) is 1. The second-order valence-corrected chi connectivity index (χ2v) is 6.80. The first kappa shape index (κ1) is 15.8. The van der Waals surface area contributed by atoms with Crippen LogP contribution >= 0.6 is 0 Å². The Bertz CT molecular complexity index is 301. The highest BCUT2D eigenvalue weighted by molar-refractivity contribution is 5.76. The van der Waals surface area contributed by atoms with Crippen molar-refractivity contribution >= 4 is 5.91 Å². The van der Waals surface area contributed by atoms with Crippen molar-refractivity contribution in [3.05, 3.63) is 0 Å². The van der Waals surface area contributed by atoms with Gasteiger partial charge in [0.05, 0.1) is 0 Å². The average molecular weight is 280 g/mol. The SMILES string of the molecule is CCCCC1CC(NCC2CCC2)CN(C(=O)CC)C1. The zero-order chi connectivity index (χ0) is 14.4. The van der Waals surface area contributed by atoms with Crippen LogP contribution in [-0.2, 0) is 4.79 Å². The average Bonchev–Trinajstić information content (AvgIpc) is 2.42. The van der Waals surface area contributed by atoms with Crippen LogP contribution in [0.15, 0.2) is 0 Å². The summed E-state index contributed by atoms with van der Waals surface area (Å²) in [6, 6.07) is 0.529. The number of amides is 1. The first-order valence-corrected chi connectivity index (χ1v) is 8.74. The van der Waals surface area contributed by atoms with Gasteiger partial charge in [0.15, 0.2) is 0 Å². The molecule has 1 saturated heterocycles. The molecule has 2 unspecified atom stereocenters. The van der Waals surface area contributed by atoms with Crippen LogP contribution in [0.1, 0.15) is 65.2 Å². The second-order valence-electron chi connectivity index (χ2n) is 6.80. The zero-order valence-electron chi connectivity index (χ0n) is 13.4. The van der Waals surface area contributed by atoms with Gasteiger partial charge >= 0.3 is 0 Å². The molecular formula is C17H32N2O. The van der Waals surface area contributed by atoms with Gasteiger partial charge in [-0.25, -0.2) is 0 Å². The summed E-state index contributed by atoms with van der Waals surface area (Å²) < 4.78 is 0. The van der Waals surface area contributed by atoms with E-state index in [9.17, 15) is 4.79 Å². The number of carbonyl (C=O) groups excluding carboxylic acids is 1. The first-order valence-electron chi connectivity index (χ1n) is 8.74. The normalized spacial score (nSPS) is 27.4. The first-order chi connectivity index (χ1) is 9.72. The smallest absolute Gasteiger partial charge is 0.222 e. The van der Waals surface area contributed by atoms with Crippen LogP contribution in [0.3, 0.4) is 0 Å². The highest BCUT2D eigenvalue weighted by Crippen LogP contribution is 2.27. The molecule has 0 bridgehead atoms. The Morgan fingerprint density at radius 3 is 2.60 bits per heavy atom. The third-order valence-electron chi connectivity index (χ3n) is 5.08. The van der Waals surface area contributed by atoms with Crippen molar-refractivity contribution in [2.45, 2.75) is 71.3 Å². The number of hydrogen-bond acceptors (Lipinski definition) is 2. The van der Waals surface area contributed by atoms with Crippen molar-refractivity contribution in [2.24, 2.45) is 11.8 Å². The molecule has 20 heavy (non-hydrogen) atoms. The van der Waals surface area contributed by atoms with E-state index in [1.807, 2.05) is 6.92 Å². The molecule has 1 N–H and O–H groups in total. The van der Waals surface area contributed by atoms with Gasteiger partial charge in [0.2, 0.25) is 5.91 Å². The summed E-state index contributed by atoms with van der Waals surface area (Å²) in [6.07, 6.45) is 9.97. The highest BCUT2D eigenvalue weighted by Gasteiger charge is 2.29. The zero-order valence-corrected chi connectivity index (χ0v) is 13.4. The number of unbranched alkanes of at least 4 members (excludes halogenated alkanes) is 1. The minimum absolute atomic E-state index is 0.335. The van der Waals surface area contributed by atoms with Crippen molar-refractivity contribution in [1.29, 1.82) is 0 Å². The van der Waals surface area contributed by atoms with E-state index in [0.29, 0.717) is 24.3 Å². The van der Waals surface area contributed by atoms with Crippen molar-refractivity contribution in [3.8, 4) is 0 Å². The molecule has 1 aliphatic carbocycles. The lowest BCUT2D eigenvalue weighted by Gasteiger charge is -2.39. The van der Waals surface area contributed by atoms with Crippen molar-refractivity contribution in [1.82, 2.24) is 10.2 Å². The molecule has 1 saturated carbocycles. The van der Waals surface area contributed by atoms with Crippen molar-refractivity contribution < 1.29 is 4.79 Å². The van der Waals surface area contributed by atoms with Gasteiger partial charge in [0, 0.05) is 25.6 Å². The molecule has 0 aromatic carbocycles. The summed E-state index contributed by atoms with van der Waals surface area (Å²) in [5, 5.41) is 3.74. The van der Waals surface area contributed by atoms with Crippen LogP contribution in [-0.4, -0.2) is 36.5 Å². The Hall–Kier alpha value is -0.570. The van der Waals surface area contributed by atoms with E-state index < -0.39 is 0 Å². The van der Waals surface area contributed by atoms with Crippen LogP contribution in [0.4, 0.5) is 0 Å². The molecular weight excluding hydrogens is 248 g/mol. The largest absolute Gasteiger partial charge is 0.341 e. The molecule has 2 fully saturated rings. The summed E-state index contributed by atoms with van der Waals surface area (Å²) in [5.74, 6) is 1.95. The summed E-state index contributed by atoms with van der Waals surface area (Å²) in [7, 11) is 0. The minimum atomic E-state index is 0.335. The van der Waals surface area contributed by atoms with Gasteiger partial charge in [0.1, 0.15) is 0 Å². The Labute approximate surface area is 124 Å². The molecule has 1 amide bonds. The van der Waals surface area contributed by atoms with Gasteiger partial charge in [-0.05, 0) is 44.1 Å². The Kier molecular flexibility index (Phi) is 6.34. The van der Waals surface area contributed by atoms with Crippen LogP contribution in [0, 0.1) is 11.8 Å². The van der Waals surface area contributed by atoms with Gasteiger partial charge in [0.25, 0.3) is 0 Å². The fraction of sp³-hybridized carbons (Fsp3) is 0.941. The van der Waals surface area contributed by atoms with Gasteiger partial charge in [-0.1, -0.05) is 33.1 Å². The van der Waals surface area contributed by atoms with E-state index in [0.717, 1.165) is 19.0 Å². The van der Waals surface area contributed by atoms with Crippen LogP contribution in [0.5, 0.6) is 0 Å². The van der Waals surface area contributed by atoms with E-state index in [1.54, 1.807) is 0 Å². The van der Waals surface area contributed by atoms with E-state index in [4.69, 9.17) is 0 Å². The molecule has 0 spiro atoms. The fourth-order valence-corrected chi connectivity index (χ4v) is 3.51. The summed E-state index contributed by atoms with van der Waals surface area (Å²) in [4.78, 5) is 14.1. The monoisotopic (exact) mass is 280 g/mol. The predicted octanol–water partition coefficient (Wildman–Crippen LogP) is 3.19. The predicted molar refractivity (Wildman–Crippen MR) is 83.6 cm³/mol. The lowest BCUT2D eigenvalue weighted by molar-refractivity contribution is -0.133. The van der Waals surface area contributed by atoms with E-state index in [2.05, 4.69) is 17.1 Å². The molecule has 0 aromatic rings. The Balaban J connectivity index is 1.83. The lowest BCUT2D eigenvalue weighted by Crippen LogP contribution is -2.52. The highest BCUT2D eigenvalue weighted by atomic mass is 16.2.